The van der Waals surface area contributed by atoms with Gasteiger partial charge in [0.15, 0.2) is 0 Å². The first-order chi connectivity index (χ1) is 6.65. The van der Waals surface area contributed by atoms with Crippen LogP contribution in [0.3, 0.4) is 0 Å². The Morgan fingerprint density at radius 1 is 1.43 bits per heavy atom. The third-order valence-electron chi connectivity index (χ3n) is 2.46. The molecule has 0 radical (unpaired) electrons. The Morgan fingerprint density at radius 3 is 2.71 bits per heavy atom. The van der Waals surface area contributed by atoms with Gasteiger partial charge in [-0.3, -0.25) is 0 Å². The number of hydrogen-bond acceptors (Lipinski definition) is 1. The summed E-state index contributed by atoms with van der Waals surface area (Å²) < 4.78 is 0. The average molecular weight is 189 g/mol. The zero-order valence-corrected chi connectivity index (χ0v) is 9.30. The fourth-order valence-electron chi connectivity index (χ4n) is 1.68. The summed E-state index contributed by atoms with van der Waals surface area (Å²) in [4.78, 5) is 0. The molecule has 0 aliphatic carbocycles. The van der Waals surface area contributed by atoms with Crippen molar-refractivity contribution in [3.05, 3.63) is 47.5 Å². The number of nitrogens with one attached hydrogen (secondary N) is 1. The van der Waals surface area contributed by atoms with Crippen molar-refractivity contribution in [1.82, 2.24) is 5.32 Å². The Bertz CT molecular complexity index is 315. The predicted octanol–water partition coefficient (Wildman–Crippen LogP) is 3.14. The quantitative estimate of drug-likeness (QED) is 0.717. The summed E-state index contributed by atoms with van der Waals surface area (Å²) in [7, 11) is 0. The third-order valence-corrected chi connectivity index (χ3v) is 2.46. The first kappa shape index (κ1) is 11.0. The zero-order chi connectivity index (χ0) is 10.6. The van der Waals surface area contributed by atoms with E-state index in [2.05, 4.69) is 50.9 Å². The summed E-state index contributed by atoms with van der Waals surface area (Å²) in [5.74, 6) is 0. The zero-order valence-electron chi connectivity index (χ0n) is 9.30. The molecule has 0 fully saturated rings. The van der Waals surface area contributed by atoms with E-state index in [4.69, 9.17) is 0 Å². The largest absolute Gasteiger partial charge is 0.307 e. The first-order valence-corrected chi connectivity index (χ1v) is 5.06. The highest BCUT2D eigenvalue weighted by atomic mass is 14.9. The van der Waals surface area contributed by atoms with Gasteiger partial charge >= 0.3 is 0 Å². The lowest BCUT2D eigenvalue weighted by atomic mass is 10.0. The van der Waals surface area contributed by atoms with E-state index in [1.54, 1.807) is 0 Å². The molecule has 1 aromatic carbocycles. The molecular weight excluding hydrogens is 170 g/mol. The van der Waals surface area contributed by atoms with Crippen LogP contribution in [0.1, 0.15) is 29.7 Å². The minimum absolute atomic E-state index is 0.397. The lowest BCUT2D eigenvalue weighted by Gasteiger charge is -2.15. The smallest absolute Gasteiger partial charge is 0.0297 e. The van der Waals surface area contributed by atoms with E-state index >= 15 is 0 Å². The van der Waals surface area contributed by atoms with Gasteiger partial charge in [-0.1, -0.05) is 29.8 Å². The van der Waals surface area contributed by atoms with E-state index in [9.17, 15) is 0 Å². The molecular formula is C13H19N. The van der Waals surface area contributed by atoms with Crippen LogP contribution in [0.15, 0.2) is 30.9 Å². The molecule has 0 heterocycles. The maximum atomic E-state index is 3.70. The second kappa shape index (κ2) is 4.97. The summed E-state index contributed by atoms with van der Waals surface area (Å²) in [6, 6.07) is 6.98. The molecule has 0 aromatic heterocycles. The van der Waals surface area contributed by atoms with Crippen LogP contribution < -0.4 is 5.32 Å². The van der Waals surface area contributed by atoms with Gasteiger partial charge in [0.05, 0.1) is 0 Å². The van der Waals surface area contributed by atoms with Crippen molar-refractivity contribution in [2.45, 2.75) is 26.8 Å². The van der Waals surface area contributed by atoms with Gasteiger partial charge in [-0.2, -0.15) is 0 Å². The van der Waals surface area contributed by atoms with Crippen molar-refractivity contribution in [2.24, 2.45) is 0 Å². The predicted molar refractivity (Wildman–Crippen MR) is 62.5 cm³/mol. The molecule has 14 heavy (non-hydrogen) atoms. The summed E-state index contributed by atoms with van der Waals surface area (Å²) in [5.41, 5.74) is 4.05. The summed E-state index contributed by atoms with van der Waals surface area (Å²) in [5, 5.41) is 3.39. The number of aryl methyl sites for hydroxylation is 2. The molecule has 0 unspecified atom stereocenters. The van der Waals surface area contributed by atoms with E-state index in [1.807, 2.05) is 6.08 Å². The molecule has 1 atom stereocenters. The highest BCUT2D eigenvalue weighted by Gasteiger charge is 2.06. The van der Waals surface area contributed by atoms with Crippen LogP contribution in [-0.4, -0.2) is 6.54 Å². The highest BCUT2D eigenvalue weighted by molar-refractivity contribution is 5.32. The van der Waals surface area contributed by atoms with E-state index < -0.39 is 0 Å². The molecule has 1 heteroatoms. The van der Waals surface area contributed by atoms with Gasteiger partial charge in [0.25, 0.3) is 0 Å². The molecule has 0 saturated heterocycles. The number of rotatable bonds is 4. The van der Waals surface area contributed by atoms with Gasteiger partial charge in [0, 0.05) is 12.6 Å². The van der Waals surface area contributed by atoms with E-state index in [1.165, 1.54) is 16.7 Å². The van der Waals surface area contributed by atoms with Crippen molar-refractivity contribution in [3.8, 4) is 0 Å². The maximum absolute atomic E-state index is 3.70. The van der Waals surface area contributed by atoms with Crippen LogP contribution in [0.25, 0.3) is 0 Å². The topological polar surface area (TPSA) is 12.0 Å². The van der Waals surface area contributed by atoms with Gasteiger partial charge in [-0.25, -0.2) is 0 Å². The van der Waals surface area contributed by atoms with Crippen LogP contribution in [0.4, 0.5) is 0 Å². The van der Waals surface area contributed by atoms with Gasteiger partial charge in [-0.05, 0) is 31.9 Å². The molecule has 0 aliphatic rings. The summed E-state index contributed by atoms with van der Waals surface area (Å²) >= 11 is 0. The minimum atomic E-state index is 0.397. The van der Waals surface area contributed by atoms with Gasteiger partial charge in [0.1, 0.15) is 0 Å². The molecule has 1 aromatic rings. The molecule has 1 rings (SSSR count). The van der Waals surface area contributed by atoms with Crippen molar-refractivity contribution in [1.29, 1.82) is 0 Å². The highest BCUT2D eigenvalue weighted by Crippen LogP contribution is 2.18. The lowest BCUT2D eigenvalue weighted by Crippen LogP contribution is -2.19. The fourth-order valence-corrected chi connectivity index (χ4v) is 1.68. The standard InChI is InChI=1S/C13H19N/c1-5-8-14-12(4)13-7-6-10(2)9-11(13)3/h5-7,9,12,14H,1,8H2,2-4H3/t12-/m1/s1. The molecule has 76 valence electrons. The normalized spacial score (nSPS) is 12.5. The molecule has 1 N–H and O–H groups in total. The first-order valence-electron chi connectivity index (χ1n) is 5.06. The summed E-state index contributed by atoms with van der Waals surface area (Å²) in [6.45, 7) is 11.0. The number of hydrogen-bond donors (Lipinski definition) is 1. The molecule has 0 bridgehead atoms. The summed E-state index contributed by atoms with van der Waals surface area (Å²) in [6.07, 6.45) is 1.89. The van der Waals surface area contributed by atoms with Gasteiger partial charge < -0.3 is 5.32 Å². The van der Waals surface area contributed by atoms with Crippen LogP contribution in [0.5, 0.6) is 0 Å². The maximum Gasteiger partial charge on any atom is 0.0297 e. The van der Waals surface area contributed by atoms with Crippen LogP contribution in [0.2, 0.25) is 0 Å². The molecule has 0 amide bonds. The molecule has 0 spiro atoms. The Hall–Kier alpha value is -1.08. The van der Waals surface area contributed by atoms with Gasteiger partial charge in [-0.15, -0.1) is 6.58 Å². The van der Waals surface area contributed by atoms with Crippen LogP contribution >= 0.6 is 0 Å². The Balaban J connectivity index is 2.78. The Kier molecular flexibility index (Phi) is 3.90. The van der Waals surface area contributed by atoms with Crippen molar-refractivity contribution in [3.63, 3.8) is 0 Å². The SMILES string of the molecule is C=CCN[C@H](C)c1ccc(C)cc1C. The van der Waals surface area contributed by atoms with Gasteiger partial charge in [0.2, 0.25) is 0 Å². The lowest BCUT2D eigenvalue weighted by molar-refractivity contribution is 0.614. The van der Waals surface area contributed by atoms with E-state index in [0.29, 0.717) is 6.04 Å². The fraction of sp³-hybridized carbons (Fsp3) is 0.385. The van der Waals surface area contributed by atoms with Crippen molar-refractivity contribution >= 4 is 0 Å². The van der Waals surface area contributed by atoms with Crippen LogP contribution in [-0.2, 0) is 0 Å². The molecule has 1 nitrogen and oxygen atoms in total. The molecule has 0 saturated carbocycles. The average Bonchev–Trinajstić information content (AvgIpc) is 2.14. The second-order valence-corrected chi connectivity index (χ2v) is 3.78. The van der Waals surface area contributed by atoms with E-state index in [-0.39, 0.29) is 0 Å². The third kappa shape index (κ3) is 2.71. The van der Waals surface area contributed by atoms with Crippen molar-refractivity contribution < 1.29 is 0 Å². The minimum Gasteiger partial charge on any atom is -0.307 e. The number of benzene rings is 1. The molecule has 0 aliphatic heterocycles. The van der Waals surface area contributed by atoms with E-state index in [0.717, 1.165) is 6.54 Å². The second-order valence-electron chi connectivity index (χ2n) is 3.78. The van der Waals surface area contributed by atoms with Crippen molar-refractivity contribution in [2.75, 3.05) is 6.54 Å². The Labute approximate surface area is 86.8 Å². The van der Waals surface area contributed by atoms with Crippen LogP contribution in [0, 0.1) is 13.8 Å². The monoisotopic (exact) mass is 189 g/mol. The Morgan fingerprint density at radius 2 is 2.14 bits per heavy atom.